The summed E-state index contributed by atoms with van der Waals surface area (Å²) in [7, 11) is 0. The van der Waals surface area contributed by atoms with Crippen LogP contribution in [0.5, 0.6) is 0 Å². The van der Waals surface area contributed by atoms with Gasteiger partial charge in [0, 0.05) is 29.5 Å². The van der Waals surface area contributed by atoms with Crippen molar-refractivity contribution in [2.45, 2.75) is 18.8 Å². The van der Waals surface area contributed by atoms with Crippen molar-refractivity contribution in [3.63, 3.8) is 0 Å². The van der Waals surface area contributed by atoms with Crippen LogP contribution in [-0.4, -0.2) is 15.6 Å². The van der Waals surface area contributed by atoms with Crippen LogP contribution in [0.2, 0.25) is 5.02 Å². The van der Waals surface area contributed by atoms with Crippen molar-refractivity contribution in [1.29, 1.82) is 0 Å². The molecule has 0 saturated carbocycles. The molecule has 0 spiro atoms. The van der Waals surface area contributed by atoms with Crippen LogP contribution in [0.4, 0.5) is 11.5 Å². The minimum absolute atomic E-state index is 0.00699. The van der Waals surface area contributed by atoms with E-state index in [0.29, 0.717) is 29.2 Å². The van der Waals surface area contributed by atoms with Crippen molar-refractivity contribution in [3.05, 3.63) is 95.0 Å². The lowest BCUT2D eigenvalue weighted by Crippen LogP contribution is -2.20. The van der Waals surface area contributed by atoms with Gasteiger partial charge in [-0.2, -0.15) is 0 Å². The van der Waals surface area contributed by atoms with E-state index in [4.69, 9.17) is 21.1 Å². The summed E-state index contributed by atoms with van der Waals surface area (Å²) in [5.41, 5.74) is 3.29. The van der Waals surface area contributed by atoms with Gasteiger partial charge in [0.05, 0.1) is 23.2 Å². The third kappa shape index (κ3) is 3.34. The Labute approximate surface area is 172 Å². The third-order valence-electron chi connectivity index (χ3n) is 5.18. The number of hydrogen-bond donors (Lipinski definition) is 1. The summed E-state index contributed by atoms with van der Waals surface area (Å²) in [6.45, 7) is 0. The van der Waals surface area contributed by atoms with Crippen LogP contribution in [0.15, 0.2) is 77.4 Å². The van der Waals surface area contributed by atoms with Crippen LogP contribution in [0, 0.1) is 0 Å². The number of fused-ring (bicyclic) bond motifs is 1. The monoisotopic (exact) mass is 403 g/mol. The predicted octanol–water partition coefficient (Wildman–Crippen LogP) is 5.78. The molecule has 1 aliphatic rings. The third-order valence-corrected chi connectivity index (χ3v) is 5.44. The van der Waals surface area contributed by atoms with E-state index < -0.39 is 0 Å². The molecule has 29 heavy (non-hydrogen) atoms. The van der Waals surface area contributed by atoms with E-state index in [2.05, 4.69) is 5.32 Å². The molecule has 0 amide bonds. The Morgan fingerprint density at radius 3 is 2.52 bits per heavy atom. The van der Waals surface area contributed by atoms with Gasteiger partial charge in [-0.3, -0.25) is 4.79 Å². The second-order valence-electron chi connectivity index (χ2n) is 7.09. The fourth-order valence-electron chi connectivity index (χ4n) is 3.83. The molecule has 0 saturated heterocycles. The lowest BCUT2D eigenvalue weighted by atomic mass is 9.85. The quantitative estimate of drug-likeness (QED) is 0.469. The Morgan fingerprint density at radius 2 is 1.79 bits per heavy atom. The highest BCUT2D eigenvalue weighted by molar-refractivity contribution is 6.30. The molecule has 0 fully saturated rings. The fourth-order valence-corrected chi connectivity index (χ4v) is 3.96. The van der Waals surface area contributed by atoms with Gasteiger partial charge in [-0.15, -0.1) is 5.10 Å². The zero-order valence-electron chi connectivity index (χ0n) is 15.5. The van der Waals surface area contributed by atoms with E-state index in [1.165, 1.54) is 0 Å². The van der Waals surface area contributed by atoms with Gasteiger partial charge in [-0.1, -0.05) is 29.8 Å². The highest BCUT2D eigenvalue weighted by Crippen LogP contribution is 2.38. The minimum atomic E-state index is 0.00699. The molecule has 1 atom stereocenters. The summed E-state index contributed by atoms with van der Waals surface area (Å²) in [4.78, 5) is 13.1. The number of nitrogens with one attached hydrogen (secondary N) is 1. The van der Waals surface area contributed by atoms with Gasteiger partial charge in [-0.05, 0) is 48.5 Å². The van der Waals surface area contributed by atoms with E-state index in [1.54, 1.807) is 18.4 Å². The van der Waals surface area contributed by atoms with Crippen molar-refractivity contribution in [3.8, 4) is 5.69 Å². The topological polar surface area (TPSA) is 60.1 Å². The molecule has 2 heterocycles. The minimum Gasteiger partial charge on any atom is -0.469 e. The van der Waals surface area contributed by atoms with Gasteiger partial charge >= 0.3 is 0 Å². The first kappa shape index (κ1) is 17.8. The molecule has 4 aromatic rings. The van der Waals surface area contributed by atoms with Crippen molar-refractivity contribution in [2.75, 3.05) is 5.32 Å². The number of carbonyl (C=O) groups excluding carboxylic acids is 1. The van der Waals surface area contributed by atoms with E-state index in [-0.39, 0.29) is 11.7 Å². The zero-order chi connectivity index (χ0) is 19.8. The molecule has 6 heteroatoms. The molecule has 0 aliphatic heterocycles. The number of Topliss-reactive ketones (excluding diaryl/α,β-unsaturated/α-hetero) is 1. The molecule has 1 aliphatic carbocycles. The second-order valence-corrected chi connectivity index (χ2v) is 7.53. The summed E-state index contributed by atoms with van der Waals surface area (Å²) in [5.74, 6) is 1.46. The van der Waals surface area contributed by atoms with Gasteiger partial charge < -0.3 is 9.73 Å². The Morgan fingerprint density at radius 1 is 1.00 bits per heavy atom. The van der Waals surface area contributed by atoms with Crippen LogP contribution >= 0.6 is 11.6 Å². The molecule has 5 rings (SSSR count). The molecular formula is C23H18ClN3O2. The summed E-state index contributed by atoms with van der Waals surface area (Å²) in [6, 6.07) is 21.0. The van der Waals surface area contributed by atoms with E-state index in [0.717, 1.165) is 22.8 Å². The number of hydrogen-bond acceptors (Lipinski definition) is 4. The molecule has 144 valence electrons. The summed E-state index contributed by atoms with van der Waals surface area (Å²) in [6.07, 6.45) is 2.73. The molecule has 5 nitrogen and oxygen atoms in total. The summed E-state index contributed by atoms with van der Waals surface area (Å²) >= 11 is 5.99. The Bertz CT molecular complexity index is 1150. The van der Waals surface area contributed by atoms with Crippen LogP contribution < -0.4 is 5.32 Å². The maximum atomic E-state index is 13.1. The van der Waals surface area contributed by atoms with Gasteiger partial charge in [0.15, 0.2) is 11.6 Å². The number of anilines is 2. The van der Waals surface area contributed by atoms with Gasteiger partial charge in [0.25, 0.3) is 0 Å². The summed E-state index contributed by atoms with van der Waals surface area (Å²) < 4.78 is 7.45. The first-order chi connectivity index (χ1) is 14.2. The molecule has 0 unspecified atom stereocenters. The lowest BCUT2D eigenvalue weighted by molar-refractivity contribution is 0.0960. The Kier molecular flexibility index (Phi) is 4.45. The SMILES string of the molecule is O=C1C[C@H](c2ccco2)Cc2c1c(Nc1ccc(Cl)cc1)nn2-c1ccccc1. The van der Waals surface area contributed by atoms with Crippen LogP contribution in [-0.2, 0) is 6.42 Å². The predicted molar refractivity (Wildman–Crippen MR) is 112 cm³/mol. The van der Waals surface area contributed by atoms with E-state index in [9.17, 15) is 4.79 Å². The van der Waals surface area contributed by atoms with Gasteiger partial charge in [-0.25, -0.2) is 4.68 Å². The highest BCUT2D eigenvalue weighted by Gasteiger charge is 2.34. The second kappa shape index (κ2) is 7.26. The Balaban J connectivity index is 1.60. The number of ketones is 1. The van der Waals surface area contributed by atoms with Gasteiger partial charge in [0.1, 0.15) is 5.76 Å². The first-order valence-electron chi connectivity index (χ1n) is 9.45. The molecule has 0 radical (unpaired) electrons. The number of furan rings is 1. The first-order valence-corrected chi connectivity index (χ1v) is 9.83. The average molecular weight is 404 g/mol. The Hall–Kier alpha value is -3.31. The summed E-state index contributed by atoms with van der Waals surface area (Å²) in [5, 5.41) is 8.72. The number of aromatic nitrogens is 2. The lowest BCUT2D eigenvalue weighted by Gasteiger charge is -2.21. The number of para-hydroxylation sites is 1. The standard InChI is InChI=1S/C23H18ClN3O2/c24-16-8-10-17(11-9-16)25-23-22-19(27(26-23)18-5-2-1-3-6-18)13-15(14-20(22)28)21-7-4-12-29-21/h1-12,15H,13-14H2,(H,25,26)/t15-/m1/s1. The average Bonchev–Trinajstić information content (AvgIpc) is 3.39. The van der Waals surface area contributed by atoms with E-state index >= 15 is 0 Å². The van der Waals surface area contributed by atoms with Crippen molar-refractivity contribution in [1.82, 2.24) is 9.78 Å². The zero-order valence-corrected chi connectivity index (χ0v) is 16.3. The maximum absolute atomic E-state index is 13.1. The number of rotatable bonds is 4. The molecule has 1 N–H and O–H groups in total. The smallest absolute Gasteiger partial charge is 0.169 e. The normalized spacial score (nSPS) is 15.9. The van der Waals surface area contributed by atoms with Crippen molar-refractivity contribution < 1.29 is 9.21 Å². The van der Waals surface area contributed by atoms with E-state index in [1.807, 2.05) is 59.3 Å². The molecule has 2 aromatic heterocycles. The number of halogens is 1. The van der Waals surface area contributed by atoms with Crippen molar-refractivity contribution in [2.24, 2.45) is 0 Å². The van der Waals surface area contributed by atoms with Crippen molar-refractivity contribution >= 4 is 28.9 Å². The van der Waals surface area contributed by atoms with Gasteiger partial charge in [0.2, 0.25) is 0 Å². The fraction of sp³-hybridized carbons (Fsp3) is 0.130. The van der Waals surface area contributed by atoms with Crippen LogP contribution in [0.1, 0.15) is 34.2 Å². The molecular weight excluding hydrogens is 386 g/mol. The molecule has 2 aromatic carbocycles. The molecule has 0 bridgehead atoms. The number of benzene rings is 2. The largest absolute Gasteiger partial charge is 0.469 e. The maximum Gasteiger partial charge on any atom is 0.169 e. The number of nitrogens with zero attached hydrogens (tertiary/aromatic N) is 2. The van der Waals surface area contributed by atoms with Crippen LogP contribution in [0.25, 0.3) is 5.69 Å². The highest BCUT2D eigenvalue weighted by atomic mass is 35.5. The van der Waals surface area contributed by atoms with Crippen LogP contribution in [0.3, 0.4) is 0 Å². The number of carbonyl (C=O) groups is 1.